The standard InChI is InChI=1S/C28H23BrN6OS/c29-22-11-6-8-20(16-22)17-31-33-27(36)19-37-28-34-32-26(35(28)23-12-2-1-3-13-23)18-30-25-15-7-10-21-9-4-5-14-24(21)25/h1-17,30H,18-19H2,(H,33,36)/b31-17-. The van der Waals surface area contributed by atoms with Gasteiger partial charge in [0.15, 0.2) is 11.0 Å². The summed E-state index contributed by atoms with van der Waals surface area (Å²) in [6.07, 6.45) is 1.61. The van der Waals surface area contributed by atoms with Gasteiger partial charge in [-0.15, -0.1) is 10.2 Å². The minimum absolute atomic E-state index is 0.150. The van der Waals surface area contributed by atoms with Crippen molar-refractivity contribution in [1.29, 1.82) is 0 Å². The van der Waals surface area contributed by atoms with E-state index in [-0.39, 0.29) is 11.7 Å². The van der Waals surface area contributed by atoms with Gasteiger partial charge in [0.2, 0.25) is 0 Å². The van der Waals surface area contributed by atoms with Gasteiger partial charge in [-0.05, 0) is 41.3 Å². The molecular formula is C28H23BrN6OS. The van der Waals surface area contributed by atoms with E-state index in [9.17, 15) is 4.79 Å². The highest BCUT2D eigenvalue weighted by Crippen LogP contribution is 2.25. The molecule has 0 aliphatic rings. The summed E-state index contributed by atoms with van der Waals surface area (Å²) >= 11 is 4.74. The first-order chi connectivity index (χ1) is 18.2. The lowest BCUT2D eigenvalue weighted by Gasteiger charge is -2.12. The molecule has 0 aliphatic heterocycles. The number of anilines is 1. The van der Waals surface area contributed by atoms with Crippen molar-refractivity contribution in [2.45, 2.75) is 11.7 Å². The third kappa shape index (κ3) is 6.25. The van der Waals surface area contributed by atoms with E-state index in [0.717, 1.165) is 32.6 Å². The highest BCUT2D eigenvalue weighted by molar-refractivity contribution is 9.10. The molecule has 1 amide bonds. The van der Waals surface area contributed by atoms with Gasteiger partial charge in [0, 0.05) is 21.2 Å². The molecule has 0 atom stereocenters. The first kappa shape index (κ1) is 24.7. The Morgan fingerprint density at radius 1 is 0.946 bits per heavy atom. The Morgan fingerprint density at radius 2 is 1.73 bits per heavy atom. The normalized spacial score (nSPS) is 11.2. The Labute approximate surface area is 227 Å². The molecule has 0 radical (unpaired) electrons. The number of fused-ring (bicyclic) bond motifs is 1. The summed E-state index contributed by atoms with van der Waals surface area (Å²) < 4.78 is 2.92. The first-order valence-corrected chi connectivity index (χ1v) is 13.4. The molecule has 0 unspecified atom stereocenters. The van der Waals surface area contributed by atoms with Crippen molar-refractivity contribution in [3.63, 3.8) is 0 Å². The Morgan fingerprint density at radius 3 is 2.59 bits per heavy atom. The fraction of sp³-hybridized carbons (Fsp3) is 0.0714. The van der Waals surface area contributed by atoms with Gasteiger partial charge in [-0.2, -0.15) is 5.10 Å². The minimum atomic E-state index is -0.228. The van der Waals surface area contributed by atoms with Crippen molar-refractivity contribution in [1.82, 2.24) is 20.2 Å². The molecule has 4 aromatic carbocycles. The summed E-state index contributed by atoms with van der Waals surface area (Å²) in [6.45, 7) is 0.472. The molecule has 9 heteroatoms. The minimum Gasteiger partial charge on any atom is -0.377 e. The number of halogens is 1. The van der Waals surface area contributed by atoms with Crippen LogP contribution in [0.2, 0.25) is 0 Å². The maximum Gasteiger partial charge on any atom is 0.250 e. The van der Waals surface area contributed by atoms with Crippen molar-refractivity contribution in [3.05, 3.63) is 113 Å². The molecule has 0 aliphatic carbocycles. The SMILES string of the molecule is O=C(CSc1nnc(CNc2cccc3ccccc23)n1-c1ccccc1)N/N=C\c1cccc(Br)c1. The number of hydrogen-bond acceptors (Lipinski definition) is 6. The number of rotatable bonds is 9. The lowest BCUT2D eigenvalue weighted by atomic mass is 10.1. The zero-order valence-electron chi connectivity index (χ0n) is 19.7. The van der Waals surface area contributed by atoms with Gasteiger partial charge in [-0.1, -0.05) is 94.4 Å². The Kier molecular flexibility index (Phi) is 7.93. The number of nitrogens with one attached hydrogen (secondary N) is 2. The lowest BCUT2D eigenvalue weighted by molar-refractivity contribution is -0.118. The van der Waals surface area contributed by atoms with E-state index in [4.69, 9.17) is 0 Å². The Bertz CT molecular complexity index is 1550. The molecule has 5 aromatic rings. The van der Waals surface area contributed by atoms with Crippen LogP contribution in [-0.4, -0.2) is 32.6 Å². The number of amides is 1. The smallest absolute Gasteiger partial charge is 0.250 e. The van der Waals surface area contributed by atoms with Crippen LogP contribution >= 0.6 is 27.7 Å². The molecule has 5 rings (SSSR count). The Hall–Kier alpha value is -3.95. The number of thioether (sulfide) groups is 1. The van der Waals surface area contributed by atoms with Gasteiger partial charge >= 0.3 is 0 Å². The van der Waals surface area contributed by atoms with Gasteiger partial charge in [0.05, 0.1) is 18.5 Å². The predicted octanol–water partition coefficient (Wildman–Crippen LogP) is 6.04. The van der Waals surface area contributed by atoms with Gasteiger partial charge in [0.1, 0.15) is 0 Å². The molecule has 0 saturated heterocycles. The monoisotopic (exact) mass is 570 g/mol. The average molecular weight is 572 g/mol. The number of hydrogen-bond donors (Lipinski definition) is 2. The summed E-state index contributed by atoms with van der Waals surface area (Å²) in [7, 11) is 0. The van der Waals surface area contributed by atoms with E-state index in [1.807, 2.05) is 77.4 Å². The molecule has 1 heterocycles. The molecule has 184 valence electrons. The maximum absolute atomic E-state index is 12.4. The van der Waals surface area contributed by atoms with Crippen LogP contribution in [0.5, 0.6) is 0 Å². The Balaban J connectivity index is 1.29. The number of carbonyl (C=O) groups is 1. The fourth-order valence-corrected chi connectivity index (χ4v) is 5.01. The van der Waals surface area contributed by atoms with Crippen LogP contribution in [0.4, 0.5) is 5.69 Å². The molecule has 37 heavy (non-hydrogen) atoms. The zero-order valence-corrected chi connectivity index (χ0v) is 22.1. The summed E-state index contributed by atoms with van der Waals surface area (Å²) in [5, 5.41) is 19.3. The number of carbonyl (C=O) groups excluding carboxylic acids is 1. The van der Waals surface area contributed by atoms with Crippen molar-refractivity contribution < 1.29 is 4.79 Å². The molecule has 0 saturated carbocycles. The molecule has 0 bridgehead atoms. The van der Waals surface area contributed by atoms with Gasteiger partial charge in [0.25, 0.3) is 5.91 Å². The molecule has 0 fully saturated rings. The molecule has 7 nitrogen and oxygen atoms in total. The third-order valence-electron chi connectivity index (χ3n) is 5.53. The largest absolute Gasteiger partial charge is 0.377 e. The van der Waals surface area contributed by atoms with Crippen LogP contribution in [0.15, 0.2) is 112 Å². The molecule has 0 spiro atoms. The van der Waals surface area contributed by atoms with Gasteiger partial charge < -0.3 is 5.32 Å². The van der Waals surface area contributed by atoms with Crippen LogP contribution < -0.4 is 10.7 Å². The van der Waals surface area contributed by atoms with Crippen LogP contribution in [-0.2, 0) is 11.3 Å². The van der Waals surface area contributed by atoms with Gasteiger partial charge in [-0.3, -0.25) is 9.36 Å². The van der Waals surface area contributed by atoms with Crippen molar-refractivity contribution in [3.8, 4) is 5.69 Å². The maximum atomic E-state index is 12.4. The topological polar surface area (TPSA) is 84.2 Å². The van der Waals surface area contributed by atoms with Crippen LogP contribution in [0.1, 0.15) is 11.4 Å². The summed E-state index contributed by atoms with van der Waals surface area (Å²) in [6, 6.07) is 32.0. The fourth-order valence-electron chi connectivity index (χ4n) is 3.83. The van der Waals surface area contributed by atoms with Gasteiger partial charge in [-0.25, -0.2) is 5.43 Å². The summed E-state index contributed by atoms with van der Waals surface area (Å²) in [4.78, 5) is 12.4. The predicted molar refractivity (Wildman–Crippen MR) is 153 cm³/mol. The highest BCUT2D eigenvalue weighted by atomic mass is 79.9. The first-order valence-electron chi connectivity index (χ1n) is 11.6. The third-order valence-corrected chi connectivity index (χ3v) is 6.95. The van der Waals surface area contributed by atoms with E-state index in [1.165, 1.54) is 17.1 Å². The second-order valence-corrected chi connectivity index (χ2v) is 9.95. The van der Waals surface area contributed by atoms with E-state index >= 15 is 0 Å². The second-order valence-electron chi connectivity index (χ2n) is 8.09. The number of benzene rings is 4. The average Bonchev–Trinajstić information content (AvgIpc) is 3.34. The molecular weight excluding hydrogens is 548 g/mol. The van der Waals surface area contributed by atoms with E-state index in [0.29, 0.717) is 11.7 Å². The molecule has 1 aromatic heterocycles. The quantitative estimate of drug-likeness (QED) is 0.128. The van der Waals surface area contributed by atoms with Crippen molar-refractivity contribution in [2.24, 2.45) is 5.10 Å². The van der Waals surface area contributed by atoms with E-state index in [1.54, 1.807) is 6.21 Å². The highest BCUT2D eigenvalue weighted by Gasteiger charge is 2.16. The van der Waals surface area contributed by atoms with Crippen molar-refractivity contribution >= 4 is 56.3 Å². The number of para-hydroxylation sites is 1. The van der Waals surface area contributed by atoms with Crippen LogP contribution in [0.3, 0.4) is 0 Å². The number of nitrogens with zero attached hydrogens (tertiary/aromatic N) is 4. The van der Waals surface area contributed by atoms with Crippen LogP contribution in [0.25, 0.3) is 16.5 Å². The van der Waals surface area contributed by atoms with Crippen LogP contribution in [0, 0.1) is 0 Å². The molecule has 2 N–H and O–H groups in total. The second kappa shape index (κ2) is 11.9. The summed E-state index contributed by atoms with van der Waals surface area (Å²) in [5.74, 6) is 0.668. The summed E-state index contributed by atoms with van der Waals surface area (Å²) in [5.41, 5.74) is 5.41. The number of hydrazone groups is 1. The van der Waals surface area contributed by atoms with Crippen molar-refractivity contribution in [2.75, 3.05) is 11.1 Å². The lowest BCUT2D eigenvalue weighted by Crippen LogP contribution is -2.20. The van der Waals surface area contributed by atoms with E-state index < -0.39 is 0 Å². The number of aromatic nitrogens is 3. The zero-order chi connectivity index (χ0) is 25.5. The van der Waals surface area contributed by atoms with E-state index in [2.05, 4.69) is 66.2 Å².